The van der Waals surface area contributed by atoms with E-state index in [1.807, 2.05) is 43.3 Å². The van der Waals surface area contributed by atoms with Crippen LogP contribution >= 0.6 is 0 Å². The number of carbonyl (C=O) groups excluding carboxylic acids is 1. The lowest BCUT2D eigenvalue weighted by molar-refractivity contribution is 0.0940. The van der Waals surface area contributed by atoms with E-state index in [0.29, 0.717) is 24.8 Å². The Morgan fingerprint density at radius 1 is 1.07 bits per heavy atom. The maximum Gasteiger partial charge on any atom is 0.291 e. The fourth-order valence-corrected chi connectivity index (χ4v) is 2.63. The first-order valence-electron chi connectivity index (χ1n) is 8.77. The number of aromatic nitrogens is 5. The van der Waals surface area contributed by atoms with E-state index in [9.17, 15) is 4.79 Å². The van der Waals surface area contributed by atoms with E-state index in [0.717, 1.165) is 16.8 Å². The van der Waals surface area contributed by atoms with E-state index >= 15 is 0 Å². The fourth-order valence-electron chi connectivity index (χ4n) is 2.63. The van der Waals surface area contributed by atoms with Gasteiger partial charge in [-0.2, -0.15) is 4.98 Å². The molecule has 4 rings (SSSR count). The second-order valence-corrected chi connectivity index (χ2v) is 6.19. The van der Waals surface area contributed by atoms with Crippen LogP contribution < -0.4 is 10.1 Å². The summed E-state index contributed by atoms with van der Waals surface area (Å²) >= 11 is 0. The first-order valence-corrected chi connectivity index (χ1v) is 8.77. The van der Waals surface area contributed by atoms with Crippen LogP contribution in [0.2, 0.25) is 0 Å². The highest BCUT2D eigenvalue weighted by Crippen LogP contribution is 2.12. The largest absolute Gasteiger partial charge is 0.473 e. The van der Waals surface area contributed by atoms with Gasteiger partial charge in [0.25, 0.3) is 11.7 Å². The summed E-state index contributed by atoms with van der Waals surface area (Å²) in [6.45, 7) is 2.62. The molecular formula is C20H18N6O2. The average Bonchev–Trinajstić information content (AvgIpc) is 3.18. The van der Waals surface area contributed by atoms with Crippen molar-refractivity contribution in [3.05, 3.63) is 83.6 Å². The number of fused-ring (bicyclic) bond motifs is 1. The lowest BCUT2D eigenvalue weighted by atomic mass is 10.2. The molecule has 0 spiro atoms. The van der Waals surface area contributed by atoms with Crippen LogP contribution in [0, 0.1) is 6.92 Å². The molecule has 3 aromatic heterocycles. The molecule has 0 aliphatic rings. The Bertz CT molecular complexity index is 1110. The summed E-state index contributed by atoms with van der Waals surface area (Å²) in [5.41, 5.74) is 2.78. The van der Waals surface area contributed by atoms with E-state index in [1.165, 1.54) is 4.52 Å². The Labute approximate surface area is 161 Å². The third kappa shape index (κ3) is 3.96. The van der Waals surface area contributed by atoms with Crippen LogP contribution in [0.4, 0.5) is 0 Å². The van der Waals surface area contributed by atoms with Gasteiger partial charge in [0.2, 0.25) is 11.7 Å². The van der Waals surface area contributed by atoms with Crippen molar-refractivity contribution in [1.29, 1.82) is 0 Å². The van der Waals surface area contributed by atoms with Gasteiger partial charge < -0.3 is 10.1 Å². The molecule has 0 bridgehead atoms. The number of pyridine rings is 1. The maximum atomic E-state index is 12.4. The molecule has 1 N–H and O–H groups in total. The van der Waals surface area contributed by atoms with E-state index in [1.54, 1.807) is 24.5 Å². The van der Waals surface area contributed by atoms with Gasteiger partial charge in [-0.3, -0.25) is 4.79 Å². The van der Waals surface area contributed by atoms with Crippen LogP contribution in [0.5, 0.6) is 5.88 Å². The predicted octanol–water partition coefficient (Wildman–Crippen LogP) is 2.34. The number of nitrogens with zero attached hydrogens (tertiary/aromatic N) is 5. The van der Waals surface area contributed by atoms with Crippen molar-refractivity contribution in [3.8, 4) is 5.88 Å². The van der Waals surface area contributed by atoms with Crippen molar-refractivity contribution >= 4 is 11.7 Å². The number of amides is 1. The highest BCUT2D eigenvalue weighted by atomic mass is 16.5. The highest BCUT2D eigenvalue weighted by molar-refractivity contribution is 5.90. The number of ether oxygens (including phenoxy) is 1. The molecule has 1 aromatic carbocycles. The molecule has 3 heterocycles. The van der Waals surface area contributed by atoms with E-state index in [4.69, 9.17) is 4.74 Å². The zero-order chi connectivity index (χ0) is 19.3. The van der Waals surface area contributed by atoms with Gasteiger partial charge in [0.15, 0.2) is 0 Å². The summed E-state index contributed by atoms with van der Waals surface area (Å²) in [5, 5.41) is 7.01. The second-order valence-electron chi connectivity index (χ2n) is 6.19. The molecule has 8 heteroatoms. The number of nitrogens with one attached hydrogen (secondary N) is 1. The molecule has 8 nitrogen and oxygen atoms in total. The minimum atomic E-state index is -0.367. The van der Waals surface area contributed by atoms with Gasteiger partial charge in [-0.25, -0.2) is 14.5 Å². The molecule has 0 saturated carbocycles. The van der Waals surface area contributed by atoms with E-state index in [-0.39, 0.29) is 11.7 Å². The Morgan fingerprint density at radius 3 is 2.71 bits per heavy atom. The van der Waals surface area contributed by atoms with Crippen LogP contribution in [-0.4, -0.2) is 30.5 Å². The molecule has 1 amide bonds. The topological polar surface area (TPSA) is 94.3 Å². The molecule has 28 heavy (non-hydrogen) atoms. The van der Waals surface area contributed by atoms with Crippen molar-refractivity contribution in [1.82, 2.24) is 29.9 Å². The maximum absolute atomic E-state index is 12.4. The summed E-state index contributed by atoms with van der Waals surface area (Å²) in [5.74, 6) is 0.608. The molecule has 0 radical (unpaired) electrons. The quantitative estimate of drug-likeness (QED) is 0.557. The lowest BCUT2D eigenvalue weighted by Gasteiger charge is -2.07. The van der Waals surface area contributed by atoms with Gasteiger partial charge in [-0.1, -0.05) is 30.3 Å². The minimum Gasteiger partial charge on any atom is -0.473 e. The van der Waals surface area contributed by atoms with Crippen molar-refractivity contribution in [2.75, 3.05) is 0 Å². The summed E-state index contributed by atoms with van der Waals surface area (Å²) in [7, 11) is 0. The molecular weight excluding hydrogens is 356 g/mol. The third-order valence-electron chi connectivity index (χ3n) is 4.11. The molecule has 0 unspecified atom stereocenters. The van der Waals surface area contributed by atoms with Crippen LogP contribution in [-0.2, 0) is 13.2 Å². The number of carbonyl (C=O) groups is 1. The lowest BCUT2D eigenvalue weighted by Crippen LogP contribution is -2.24. The Kier molecular flexibility index (Phi) is 4.92. The highest BCUT2D eigenvalue weighted by Gasteiger charge is 2.14. The molecule has 0 saturated heterocycles. The number of hydrogen-bond acceptors (Lipinski definition) is 6. The number of rotatable bonds is 6. The first-order chi connectivity index (χ1) is 13.7. The molecule has 0 aliphatic heterocycles. The fraction of sp³-hybridized carbons (Fsp3) is 0.150. The summed E-state index contributed by atoms with van der Waals surface area (Å²) in [4.78, 5) is 24.8. The summed E-state index contributed by atoms with van der Waals surface area (Å²) < 4.78 is 7.26. The van der Waals surface area contributed by atoms with E-state index in [2.05, 4.69) is 25.4 Å². The number of benzene rings is 1. The van der Waals surface area contributed by atoms with Gasteiger partial charge in [0, 0.05) is 30.7 Å². The zero-order valence-electron chi connectivity index (χ0n) is 15.2. The summed E-state index contributed by atoms with van der Waals surface area (Å²) in [6.07, 6.45) is 3.28. The van der Waals surface area contributed by atoms with Gasteiger partial charge in [0.05, 0.1) is 0 Å². The minimum absolute atomic E-state index is 0.0800. The van der Waals surface area contributed by atoms with Crippen molar-refractivity contribution in [2.45, 2.75) is 20.1 Å². The van der Waals surface area contributed by atoms with Gasteiger partial charge in [-0.15, -0.1) is 5.10 Å². The molecule has 0 aliphatic carbocycles. The van der Waals surface area contributed by atoms with E-state index < -0.39 is 0 Å². The van der Waals surface area contributed by atoms with Crippen LogP contribution in [0.3, 0.4) is 0 Å². The van der Waals surface area contributed by atoms with Gasteiger partial charge >= 0.3 is 0 Å². The smallest absolute Gasteiger partial charge is 0.291 e. The monoisotopic (exact) mass is 374 g/mol. The number of aryl methyl sites for hydroxylation is 1. The normalized spacial score (nSPS) is 10.8. The molecule has 140 valence electrons. The zero-order valence-corrected chi connectivity index (χ0v) is 15.2. The number of hydrogen-bond donors (Lipinski definition) is 1. The third-order valence-corrected chi connectivity index (χ3v) is 4.11. The van der Waals surface area contributed by atoms with Gasteiger partial charge in [-0.05, 0) is 30.2 Å². The second kappa shape index (κ2) is 7.83. The Balaban J connectivity index is 1.38. The van der Waals surface area contributed by atoms with Crippen LogP contribution in [0.25, 0.3) is 5.78 Å². The Morgan fingerprint density at radius 2 is 1.89 bits per heavy atom. The van der Waals surface area contributed by atoms with Crippen LogP contribution in [0.15, 0.2) is 60.9 Å². The SMILES string of the molecule is Cc1ccnc2nc(C(=O)NCc3ccnc(OCc4ccccc4)c3)nn12. The van der Waals surface area contributed by atoms with Crippen molar-refractivity contribution in [2.24, 2.45) is 0 Å². The van der Waals surface area contributed by atoms with Crippen LogP contribution in [0.1, 0.15) is 27.4 Å². The molecule has 0 fully saturated rings. The summed E-state index contributed by atoms with van der Waals surface area (Å²) in [6, 6.07) is 15.3. The molecule has 0 atom stereocenters. The average molecular weight is 374 g/mol. The van der Waals surface area contributed by atoms with Crippen molar-refractivity contribution < 1.29 is 9.53 Å². The molecule has 4 aromatic rings. The van der Waals surface area contributed by atoms with Crippen molar-refractivity contribution in [3.63, 3.8) is 0 Å². The predicted molar refractivity (Wildman–Crippen MR) is 102 cm³/mol. The first kappa shape index (κ1) is 17.6. The standard InChI is InChI=1S/C20H18N6O2/c1-14-7-9-22-20-24-18(25-26(14)20)19(27)23-12-16-8-10-21-17(11-16)28-13-15-5-3-2-4-6-15/h2-11H,12-13H2,1H3,(H,23,27). The Hall–Kier alpha value is -3.81. The van der Waals surface area contributed by atoms with Gasteiger partial charge in [0.1, 0.15) is 6.61 Å².